The van der Waals surface area contributed by atoms with Crippen LogP contribution >= 0.6 is 11.8 Å². The van der Waals surface area contributed by atoms with Crippen LogP contribution in [-0.2, 0) is 19.2 Å². The van der Waals surface area contributed by atoms with Gasteiger partial charge in [-0.05, 0) is 48.4 Å². The third-order valence-corrected chi connectivity index (χ3v) is 10.2. The third-order valence-electron chi connectivity index (χ3n) is 8.80. The summed E-state index contributed by atoms with van der Waals surface area (Å²) in [6.45, 7) is 12.7. The number of benzene rings is 2. The van der Waals surface area contributed by atoms with E-state index in [0.717, 1.165) is 22.3 Å². The van der Waals surface area contributed by atoms with Crippen molar-refractivity contribution in [3.63, 3.8) is 0 Å². The molecular formula is C39H44N4O8S. The van der Waals surface area contributed by atoms with Crippen LogP contribution in [0.3, 0.4) is 0 Å². The number of carbonyl (C=O) groups excluding carboxylic acids is 3. The minimum Gasteiger partial charge on any atom is -0.489 e. The smallest absolute Gasteiger partial charge is 0.407 e. The van der Waals surface area contributed by atoms with Gasteiger partial charge in [0.15, 0.2) is 0 Å². The highest BCUT2D eigenvalue weighted by Gasteiger charge is 2.40. The summed E-state index contributed by atoms with van der Waals surface area (Å²) in [5, 5.41) is 10.0. The number of nitrogens with zero attached hydrogens (tertiary/aromatic N) is 2. The molecule has 2 amide bonds. The maximum Gasteiger partial charge on any atom is 0.407 e. The lowest BCUT2D eigenvalue weighted by Gasteiger charge is -2.24. The van der Waals surface area contributed by atoms with E-state index in [0.29, 0.717) is 35.1 Å². The fourth-order valence-corrected chi connectivity index (χ4v) is 7.17. The predicted molar refractivity (Wildman–Crippen MR) is 201 cm³/mol. The largest absolute Gasteiger partial charge is 0.489 e. The van der Waals surface area contributed by atoms with Gasteiger partial charge in [0, 0.05) is 17.7 Å². The molecule has 13 heteroatoms. The van der Waals surface area contributed by atoms with Crippen LogP contribution in [0.25, 0.3) is 11.1 Å². The van der Waals surface area contributed by atoms with E-state index in [4.69, 9.17) is 18.7 Å². The highest BCUT2D eigenvalue weighted by Crippen LogP contribution is 2.44. The number of fused-ring (bicyclic) bond motifs is 3. The van der Waals surface area contributed by atoms with Gasteiger partial charge in [-0.2, -0.15) is 0 Å². The Morgan fingerprint density at radius 1 is 1.10 bits per heavy atom. The lowest BCUT2D eigenvalue weighted by atomic mass is 9.98. The summed E-state index contributed by atoms with van der Waals surface area (Å²) in [4.78, 5) is 61.7. The average molecular weight is 729 g/mol. The minimum absolute atomic E-state index is 0.102. The van der Waals surface area contributed by atoms with Gasteiger partial charge in [0.25, 0.3) is 0 Å². The molecule has 3 atom stereocenters. The number of rotatable bonds is 15. The van der Waals surface area contributed by atoms with E-state index in [1.807, 2.05) is 43.3 Å². The van der Waals surface area contributed by atoms with Crippen molar-refractivity contribution < 1.29 is 33.1 Å². The number of hydrogen-bond donors (Lipinski definition) is 2. The highest BCUT2D eigenvalue weighted by atomic mass is 32.2. The first-order valence-corrected chi connectivity index (χ1v) is 18.2. The van der Waals surface area contributed by atoms with Gasteiger partial charge in [-0.3, -0.25) is 9.79 Å². The second-order valence-electron chi connectivity index (χ2n) is 13.2. The Kier molecular flexibility index (Phi) is 12.4. The Balaban J connectivity index is 1.19. The molecule has 0 unspecified atom stereocenters. The van der Waals surface area contributed by atoms with Crippen LogP contribution in [0.2, 0.25) is 0 Å². The molecule has 0 bridgehead atoms. The average Bonchev–Trinajstić information content (AvgIpc) is 3.69. The van der Waals surface area contributed by atoms with Crippen LogP contribution in [-0.4, -0.2) is 59.3 Å². The van der Waals surface area contributed by atoms with Crippen LogP contribution < -0.4 is 21.0 Å². The Labute approximate surface area is 307 Å². The molecule has 274 valence electrons. The van der Waals surface area contributed by atoms with Crippen LogP contribution in [0, 0.1) is 5.92 Å². The molecule has 1 aliphatic carbocycles. The monoisotopic (exact) mass is 728 g/mol. The maximum absolute atomic E-state index is 13.6. The van der Waals surface area contributed by atoms with Crippen molar-refractivity contribution in [1.82, 2.24) is 10.6 Å². The summed E-state index contributed by atoms with van der Waals surface area (Å²) in [7, 11) is 0. The van der Waals surface area contributed by atoms with Gasteiger partial charge in [-0.1, -0.05) is 93.5 Å². The molecule has 0 saturated carbocycles. The highest BCUT2D eigenvalue weighted by molar-refractivity contribution is 8.16. The molecule has 0 spiro atoms. The zero-order chi connectivity index (χ0) is 37.4. The number of thioether (sulfide) groups is 1. The van der Waals surface area contributed by atoms with Gasteiger partial charge in [0.05, 0.1) is 12.1 Å². The van der Waals surface area contributed by atoms with E-state index in [9.17, 15) is 19.2 Å². The topological polar surface area (TPSA) is 158 Å². The molecule has 52 heavy (non-hydrogen) atoms. The van der Waals surface area contributed by atoms with Crippen molar-refractivity contribution in [1.29, 1.82) is 0 Å². The first-order chi connectivity index (χ1) is 24.9. The molecule has 12 nitrogen and oxygen atoms in total. The molecule has 0 fully saturated rings. The molecule has 0 radical (unpaired) electrons. The number of aliphatic imine (C=N–C) groups is 1. The van der Waals surface area contributed by atoms with Gasteiger partial charge < -0.3 is 29.4 Å². The number of amides is 2. The number of alkyl carbamates (subject to hydrolysis) is 1. The number of nitrogens with one attached hydrogen (secondary N) is 2. The number of hydrogen-bond acceptors (Lipinski definition) is 11. The molecule has 3 aromatic rings. The first kappa shape index (κ1) is 38.1. The summed E-state index contributed by atoms with van der Waals surface area (Å²) < 4.78 is 16.6. The normalized spacial score (nSPS) is 17.7. The Hall–Kier alpha value is -5.17. The summed E-state index contributed by atoms with van der Waals surface area (Å²) in [5.74, 6) is -0.698. The van der Waals surface area contributed by atoms with E-state index < -0.39 is 35.3 Å². The van der Waals surface area contributed by atoms with Crippen molar-refractivity contribution in [3.05, 3.63) is 101 Å². The zero-order valence-corrected chi connectivity index (χ0v) is 30.8. The fraction of sp³-hybridized carbons (Fsp3) is 0.385. The van der Waals surface area contributed by atoms with Gasteiger partial charge in [-0.25, -0.2) is 14.4 Å². The van der Waals surface area contributed by atoms with E-state index in [1.54, 1.807) is 39.8 Å². The van der Waals surface area contributed by atoms with Crippen molar-refractivity contribution in [2.75, 3.05) is 19.0 Å². The van der Waals surface area contributed by atoms with Crippen LogP contribution in [0.1, 0.15) is 76.3 Å². The van der Waals surface area contributed by atoms with Gasteiger partial charge in [-0.15, -0.1) is 11.8 Å². The molecule has 2 aliphatic rings. The SMILES string of the molecule is C=CCOc1cc([C@@H](CCC)NC(=O)[C@]2(C)CSC(/C(C)=N/OC(=O)[C@@H](NC(=O)OCC3c4ccccc4-c4ccccc43)C(C)C)=N2)oc(=O)c1. The molecule has 2 heterocycles. The molecule has 1 aliphatic heterocycles. The lowest BCUT2D eigenvalue weighted by Crippen LogP contribution is -2.45. The van der Waals surface area contributed by atoms with Crippen LogP contribution in [0.4, 0.5) is 4.79 Å². The number of oxime groups is 1. The number of carbonyl (C=O) groups is 3. The standard InChI is InChI=1S/C39H44N4O8S/c1-7-13-31(32-19-25(48-18-8-2)20-33(44)50-32)40-37(46)39(6)22-52-35(42-39)24(5)43-51-36(45)34(23(3)4)41-38(47)49-21-30-28-16-11-9-14-26(28)27-15-10-12-17-29(27)30/h8-12,14-17,19-20,23,30-31,34H,2,7,13,18,21-22H2,1,3-6H3,(H,40,46)(H,41,47)/b43-24+/t31-,34+,39+/m1/s1. The lowest BCUT2D eigenvalue weighted by molar-refractivity contribution is -0.147. The molecule has 1 aromatic heterocycles. The van der Waals surface area contributed by atoms with Crippen molar-refractivity contribution in [3.8, 4) is 16.9 Å². The Bertz CT molecular complexity index is 1890. The summed E-state index contributed by atoms with van der Waals surface area (Å²) in [6.07, 6.45) is 2.04. The summed E-state index contributed by atoms with van der Waals surface area (Å²) >= 11 is 1.30. The van der Waals surface area contributed by atoms with Gasteiger partial charge >= 0.3 is 17.7 Å². The Morgan fingerprint density at radius 2 is 1.77 bits per heavy atom. The second-order valence-corrected chi connectivity index (χ2v) is 14.2. The summed E-state index contributed by atoms with van der Waals surface area (Å²) in [5.41, 5.74) is 2.92. The minimum atomic E-state index is -1.17. The number of ether oxygens (including phenoxy) is 2. The summed E-state index contributed by atoms with van der Waals surface area (Å²) in [6, 6.07) is 17.3. The van der Waals surface area contributed by atoms with E-state index >= 15 is 0 Å². The molecule has 2 aromatic carbocycles. The molecule has 0 saturated heterocycles. The van der Waals surface area contributed by atoms with Gasteiger partial charge in [0.1, 0.15) is 47.1 Å². The van der Waals surface area contributed by atoms with E-state index in [-0.39, 0.29) is 36.7 Å². The van der Waals surface area contributed by atoms with E-state index in [2.05, 4.69) is 39.5 Å². The first-order valence-electron chi connectivity index (χ1n) is 17.2. The van der Waals surface area contributed by atoms with Crippen molar-refractivity contribution in [2.24, 2.45) is 16.1 Å². The molecule has 5 rings (SSSR count). The van der Waals surface area contributed by atoms with E-state index in [1.165, 1.54) is 17.8 Å². The van der Waals surface area contributed by atoms with Crippen molar-refractivity contribution >= 4 is 40.5 Å². The molecular weight excluding hydrogens is 685 g/mol. The second kappa shape index (κ2) is 16.9. The Morgan fingerprint density at radius 3 is 2.40 bits per heavy atom. The van der Waals surface area contributed by atoms with Gasteiger partial charge in [0.2, 0.25) is 5.91 Å². The maximum atomic E-state index is 13.6. The van der Waals surface area contributed by atoms with Crippen LogP contribution in [0.15, 0.2) is 92.7 Å². The zero-order valence-electron chi connectivity index (χ0n) is 30.0. The molecule has 2 N–H and O–H groups in total. The predicted octanol–water partition coefficient (Wildman–Crippen LogP) is 6.55. The quantitative estimate of drug-likeness (QED) is 0.0767. The van der Waals surface area contributed by atoms with Crippen LogP contribution in [0.5, 0.6) is 5.75 Å². The van der Waals surface area contributed by atoms with Crippen molar-refractivity contribution in [2.45, 2.75) is 71.0 Å². The third kappa shape index (κ3) is 8.82. The fourth-order valence-electron chi connectivity index (χ4n) is 6.04.